The minimum absolute atomic E-state index is 0.457. The summed E-state index contributed by atoms with van der Waals surface area (Å²) in [6, 6.07) is 0. The fraction of sp³-hybridized carbons (Fsp3) is 0.500. The molecule has 0 bridgehead atoms. The van der Waals surface area contributed by atoms with E-state index in [0.29, 0.717) is 0 Å². The molecule has 1 atom stereocenters. The van der Waals surface area contributed by atoms with Gasteiger partial charge in [0.2, 0.25) is 29.5 Å². The van der Waals surface area contributed by atoms with Gasteiger partial charge in [0.1, 0.15) is 0 Å². The molecule has 0 aromatic heterocycles. The van der Waals surface area contributed by atoms with Crippen molar-refractivity contribution in [3.8, 4) is 0 Å². The van der Waals surface area contributed by atoms with E-state index >= 15 is 0 Å². The zero-order valence-electron chi connectivity index (χ0n) is 10.00. The van der Waals surface area contributed by atoms with Gasteiger partial charge in [-0.1, -0.05) is 13.8 Å². The van der Waals surface area contributed by atoms with Crippen LogP contribution in [0.15, 0.2) is 21.6 Å². The average Bonchev–Trinajstić information content (AvgIpc) is 2.27. The van der Waals surface area contributed by atoms with Crippen LogP contribution in [0.2, 0.25) is 0 Å². The second-order valence-corrected chi connectivity index (χ2v) is 3.68. The summed E-state index contributed by atoms with van der Waals surface area (Å²) in [6.45, 7) is 4.35. The van der Waals surface area contributed by atoms with E-state index in [1.807, 2.05) is 0 Å². The van der Waals surface area contributed by atoms with E-state index in [0.717, 1.165) is 12.2 Å². The first kappa shape index (κ1) is 15.7. The van der Waals surface area contributed by atoms with Crippen molar-refractivity contribution in [3.05, 3.63) is 11.6 Å². The van der Waals surface area contributed by atoms with Crippen LogP contribution in [0.25, 0.3) is 0 Å². The van der Waals surface area contributed by atoms with E-state index < -0.39 is 29.3 Å². The summed E-state index contributed by atoms with van der Waals surface area (Å²) >= 11 is 0. The highest BCUT2D eigenvalue weighted by Gasteiger charge is 2.32. The molecule has 0 spiro atoms. The number of aliphatic hydroxyl groups excluding tert-OH is 1. The molecule has 0 saturated carbocycles. The van der Waals surface area contributed by atoms with E-state index in [4.69, 9.17) is 0 Å². The Labute approximate surface area is 102 Å². The Bertz CT molecular complexity index is 433. The minimum Gasteiger partial charge on any atom is -0.499 e. The fourth-order valence-electron chi connectivity index (χ4n) is 0.663. The van der Waals surface area contributed by atoms with Gasteiger partial charge in [-0.2, -0.15) is 0 Å². The summed E-state index contributed by atoms with van der Waals surface area (Å²) in [5.74, 6) is -5.79. The van der Waals surface area contributed by atoms with E-state index in [-0.39, 0.29) is 0 Å². The van der Waals surface area contributed by atoms with Crippen LogP contribution in [0.4, 0.5) is 0 Å². The summed E-state index contributed by atoms with van der Waals surface area (Å²) in [6.07, 6.45) is 1.98. The number of isocyanates is 2. The predicted octanol–water partition coefficient (Wildman–Crippen LogP) is 0.293. The molecule has 0 rings (SSSR count). The molecule has 8 heteroatoms. The fourth-order valence-corrected chi connectivity index (χ4v) is 0.663. The first-order valence-corrected chi connectivity index (χ1v) is 4.81. The molecule has 18 heavy (non-hydrogen) atoms. The molecule has 2 N–H and O–H groups in total. The lowest BCUT2D eigenvalue weighted by atomic mass is 10.1. The van der Waals surface area contributed by atoms with Crippen LogP contribution >= 0.6 is 0 Å². The van der Waals surface area contributed by atoms with Crippen LogP contribution in [0.1, 0.15) is 20.8 Å². The average molecular weight is 256 g/mol. The smallest absolute Gasteiger partial charge is 0.380 e. The lowest BCUT2D eigenvalue weighted by Crippen LogP contribution is -2.37. The molecular formula is C10H12N2O6. The third-order valence-corrected chi connectivity index (χ3v) is 2.08. The highest BCUT2D eigenvalue weighted by molar-refractivity contribution is 5.87. The number of hydrogen-bond donors (Lipinski definition) is 2. The molecule has 0 aliphatic heterocycles. The maximum absolute atomic E-state index is 11.4. The van der Waals surface area contributed by atoms with Crippen molar-refractivity contribution in [2.45, 2.75) is 26.6 Å². The zero-order chi connectivity index (χ0) is 14.3. The first-order valence-electron chi connectivity index (χ1n) is 4.81. The Morgan fingerprint density at radius 3 is 2.06 bits per heavy atom. The van der Waals surface area contributed by atoms with Crippen molar-refractivity contribution in [2.24, 2.45) is 15.9 Å². The molecule has 0 saturated heterocycles. The Kier molecular flexibility index (Phi) is 5.65. The SMILES string of the molecule is CC(C)C(C)(O)OC(=O)C(O)=C(N=C=O)N=C=O. The van der Waals surface area contributed by atoms with Gasteiger partial charge < -0.3 is 14.9 Å². The lowest BCUT2D eigenvalue weighted by Gasteiger charge is -2.26. The summed E-state index contributed by atoms with van der Waals surface area (Å²) in [5.41, 5.74) is 0. The molecule has 0 aliphatic rings. The van der Waals surface area contributed by atoms with E-state index in [9.17, 15) is 24.6 Å². The molecular weight excluding hydrogens is 244 g/mol. The largest absolute Gasteiger partial charge is 0.499 e. The van der Waals surface area contributed by atoms with Crippen LogP contribution in [0.5, 0.6) is 0 Å². The van der Waals surface area contributed by atoms with Gasteiger partial charge in [0, 0.05) is 12.8 Å². The molecule has 0 fully saturated rings. The highest BCUT2D eigenvalue weighted by atomic mass is 16.7. The number of hydrogen-bond acceptors (Lipinski definition) is 8. The van der Waals surface area contributed by atoms with Gasteiger partial charge in [-0.15, -0.1) is 9.98 Å². The van der Waals surface area contributed by atoms with Crippen LogP contribution in [-0.4, -0.2) is 34.1 Å². The van der Waals surface area contributed by atoms with Gasteiger partial charge in [0.25, 0.3) is 0 Å². The van der Waals surface area contributed by atoms with Crippen molar-refractivity contribution in [1.82, 2.24) is 0 Å². The van der Waals surface area contributed by atoms with Crippen molar-refractivity contribution >= 4 is 18.1 Å². The number of esters is 1. The number of aliphatic imine (C=N–C) groups is 2. The van der Waals surface area contributed by atoms with Crippen LogP contribution in [0.3, 0.4) is 0 Å². The molecule has 0 amide bonds. The molecule has 0 heterocycles. The second-order valence-electron chi connectivity index (χ2n) is 3.68. The molecule has 8 nitrogen and oxygen atoms in total. The van der Waals surface area contributed by atoms with Gasteiger partial charge in [0.15, 0.2) is 0 Å². The quantitative estimate of drug-likeness (QED) is 0.182. The summed E-state index contributed by atoms with van der Waals surface area (Å²) in [4.78, 5) is 37.0. The van der Waals surface area contributed by atoms with Gasteiger partial charge in [-0.25, -0.2) is 14.4 Å². The highest BCUT2D eigenvalue weighted by Crippen LogP contribution is 2.19. The third kappa shape index (κ3) is 4.31. The Balaban J connectivity index is 5.26. The molecule has 0 aromatic carbocycles. The zero-order valence-corrected chi connectivity index (χ0v) is 10.00. The molecule has 1 unspecified atom stereocenters. The number of aliphatic hydroxyl groups is 2. The van der Waals surface area contributed by atoms with E-state index in [2.05, 4.69) is 14.7 Å². The van der Waals surface area contributed by atoms with E-state index in [1.165, 1.54) is 6.92 Å². The van der Waals surface area contributed by atoms with Crippen LogP contribution < -0.4 is 0 Å². The second kappa shape index (κ2) is 6.46. The maximum atomic E-state index is 11.4. The van der Waals surface area contributed by atoms with Crippen LogP contribution in [0, 0.1) is 5.92 Å². The minimum atomic E-state index is -1.84. The Morgan fingerprint density at radius 1 is 1.28 bits per heavy atom. The number of ether oxygens (including phenoxy) is 1. The van der Waals surface area contributed by atoms with E-state index in [1.54, 1.807) is 13.8 Å². The topological polar surface area (TPSA) is 126 Å². The molecule has 0 aliphatic carbocycles. The van der Waals surface area contributed by atoms with Crippen molar-refractivity contribution in [1.29, 1.82) is 0 Å². The summed E-state index contributed by atoms with van der Waals surface area (Å²) in [7, 11) is 0. The van der Waals surface area contributed by atoms with Crippen molar-refractivity contribution in [3.63, 3.8) is 0 Å². The lowest BCUT2D eigenvalue weighted by molar-refractivity contribution is -0.216. The summed E-state index contributed by atoms with van der Waals surface area (Å²) in [5, 5.41) is 19.0. The van der Waals surface area contributed by atoms with Gasteiger partial charge in [-0.05, 0) is 0 Å². The number of carbonyl (C=O) groups excluding carboxylic acids is 3. The van der Waals surface area contributed by atoms with Crippen molar-refractivity contribution < 1.29 is 29.3 Å². The number of carbonyl (C=O) groups is 1. The molecule has 0 aromatic rings. The summed E-state index contributed by atoms with van der Waals surface area (Å²) < 4.78 is 4.56. The Morgan fingerprint density at radius 2 is 1.72 bits per heavy atom. The monoisotopic (exact) mass is 256 g/mol. The Hall–Kier alpha value is -2.27. The van der Waals surface area contributed by atoms with Gasteiger partial charge >= 0.3 is 5.97 Å². The molecule has 98 valence electrons. The maximum Gasteiger partial charge on any atom is 0.380 e. The number of nitrogens with zero attached hydrogens (tertiary/aromatic N) is 2. The first-order chi connectivity index (χ1) is 8.26. The molecule has 0 radical (unpaired) electrons. The van der Waals surface area contributed by atoms with Crippen LogP contribution in [-0.2, 0) is 19.1 Å². The van der Waals surface area contributed by atoms with Gasteiger partial charge in [-0.3, -0.25) is 0 Å². The van der Waals surface area contributed by atoms with Gasteiger partial charge in [0.05, 0.1) is 0 Å². The third-order valence-electron chi connectivity index (χ3n) is 2.08. The standard InChI is InChI=1S/C10H12N2O6/c1-6(2)10(3,17)18-9(16)7(15)8(11-4-13)12-5-14/h6,15,17H,1-3H3. The van der Waals surface area contributed by atoms with Crippen molar-refractivity contribution in [2.75, 3.05) is 0 Å². The normalized spacial score (nSPS) is 12.7. The number of rotatable bonds is 5. The predicted molar refractivity (Wildman–Crippen MR) is 57.5 cm³/mol.